The number of aromatic nitrogens is 4. The zero-order chi connectivity index (χ0) is 33.0. The lowest BCUT2D eigenvalue weighted by Crippen LogP contribution is -2.02. The van der Waals surface area contributed by atoms with E-state index in [2.05, 4.69) is 163 Å². The van der Waals surface area contributed by atoms with Gasteiger partial charge in [-0.25, -0.2) is 15.0 Å². The first-order valence-electron chi connectivity index (χ1n) is 16.8. The van der Waals surface area contributed by atoms with Gasteiger partial charge in [0.15, 0.2) is 17.5 Å². The summed E-state index contributed by atoms with van der Waals surface area (Å²) in [6.45, 7) is 0. The number of nitrogens with zero attached hydrogens (tertiary/aromatic N) is 4. The molecule has 0 fully saturated rings. The molecule has 0 aliphatic carbocycles. The standard InChI is InChI=1S/C46H28N4/c1-5-15-37-32(10-1)27-33-11-2-6-16-38(33)42(37)45-48-44(30-21-19-29(20-22-30)31-23-24-41-36(26-31)14-9-25-47-41)49-46(50-45)43-39-17-7-3-12-34(39)28-35-13-4-8-18-40(35)43/h1-28H. The molecule has 4 nitrogen and oxygen atoms in total. The fourth-order valence-corrected chi connectivity index (χ4v) is 7.30. The van der Waals surface area contributed by atoms with Gasteiger partial charge in [0, 0.05) is 28.3 Å². The molecule has 0 amide bonds. The van der Waals surface area contributed by atoms with Crippen molar-refractivity contribution in [2.24, 2.45) is 0 Å². The Kier molecular flexibility index (Phi) is 6.46. The number of benzene rings is 8. The van der Waals surface area contributed by atoms with Gasteiger partial charge in [-0.3, -0.25) is 4.98 Å². The van der Waals surface area contributed by atoms with E-state index in [4.69, 9.17) is 15.0 Å². The van der Waals surface area contributed by atoms with Crippen molar-refractivity contribution in [2.45, 2.75) is 0 Å². The Morgan fingerprint density at radius 2 is 0.720 bits per heavy atom. The summed E-state index contributed by atoms with van der Waals surface area (Å²) in [7, 11) is 0. The minimum atomic E-state index is 0.633. The maximum absolute atomic E-state index is 5.37. The molecule has 10 rings (SSSR count). The van der Waals surface area contributed by atoms with Crippen LogP contribution in [0.5, 0.6) is 0 Å². The average Bonchev–Trinajstić information content (AvgIpc) is 3.18. The minimum absolute atomic E-state index is 0.633. The quantitative estimate of drug-likeness (QED) is 0.180. The zero-order valence-corrected chi connectivity index (χ0v) is 27.0. The van der Waals surface area contributed by atoms with E-state index >= 15 is 0 Å². The summed E-state index contributed by atoms with van der Waals surface area (Å²) in [6, 6.07) is 57.5. The third-order valence-electron chi connectivity index (χ3n) is 9.70. The largest absolute Gasteiger partial charge is 0.256 e. The molecule has 0 unspecified atom stereocenters. The molecule has 4 heteroatoms. The maximum atomic E-state index is 5.37. The van der Waals surface area contributed by atoms with Crippen LogP contribution in [0.2, 0.25) is 0 Å². The first kappa shape index (κ1) is 28.3. The van der Waals surface area contributed by atoms with Crippen LogP contribution in [0.3, 0.4) is 0 Å². The third-order valence-corrected chi connectivity index (χ3v) is 9.70. The first-order valence-corrected chi connectivity index (χ1v) is 16.8. The Morgan fingerprint density at radius 3 is 1.24 bits per heavy atom. The van der Waals surface area contributed by atoms with Gasteiger partial charge in [0.1, 0.15) is 0 Å². The summed E-state index contributed by atoms with van der Waals surface area (Å²) >= 11 is 0. The monoisotopic (exact) mass is 636 g/mol. The van der Waals surface area contributed by atoms with E-state index in [1.165, 1.54) is 0 Å². The van der Waals surface area contributed by atoms with E-state index in [-0.39, 0.29) is 0 Å². The number of rotatable bonds is 4. The molecule has 8 aromatic carbocycles. The summed E-state index contributed by atoms with van der Waals surface area (Å²) < 4.78 is 0. The molecule has 232 valence electrons. The van der Waals surface area contributed by atoms with Crippen molar-refractivity contribution in [3.8, 4) is 45.3 Å². The molecule has 0 spiro atoms. The highest BCUT2D eigenvalue weighted by Crippen LogP contribution is 2.39. The van der Waals surface area contributed by atoms with Crippen LogP contribution < -0.4 is 0 Å². The second-order valence-corrected chi connectivity index (χ2v) is 12.7. The van der Waals surface area contributed by atoms with Crippen LogP contribution in [0.4, 0.5) is 0 Å². The van der Waals surface area contributed by atoms with Gasteiger partial charge in [-0.2, -0.15) is 0 Å². The first-order chi connectivity index (χ1) is 24.8. The van der Waals surface area contributed by atoms with E-state index < -0.39 is 0 Å². The zero-order valence-electron chi connectivity index (χ0n) is 27.0. The second-order valence-electron chi connectivity index (χ2n) is 12.7. The van der Waals surface area contributed by atoms with Crippen LogP contribution >= 0.6 is 0 Å². The van der Waals surface area contributed by atoms with Crippen molar-refractivity contribution in [1.29, 1.82) is 0 Å². The predicted octanol–water partition coefficient (Wildman–Crippen LogP) is 11.7. The van der Waals surface area contributed by atoms with Crippen molar-refractivity contribution in [3.63, 3.8) is 0 Å². The number of pyridine rings is 1. The van der Waals surface area contributed by atoms with E-state index in [0.29, 0.717) is 17.5 Å². The highest BCUT2D eigenvalue weighted by atomic mass is 15.0. The SMILES string of the molecule is c1cnc2ccc(-c3ccc(-c4nc(-c5c6ccccc6cc6ccccc56)nc(-c5c6ccccc6cc6ccccc56)n4)cc3)cc2c1. The van der Waals surface area contributed by atoms with E-state index in [0.717, 1.165) is 81.8 Å². The summed E-state index contributed by atoms with van der Waals surface area (Å²) in [5, 5.41) is 10.1. The van der Waals surface area contributed by atoms with Crippen LogP contribution in [0.15, 0.2) is 170 Å². The molecule has 0 radical (unpaired) electrons. The Hall–Kier alpha value is -6.78. The van der Waals surface area contributed by atoms with Gasteiger partial charge in [0.05, 0.1) is 5.52 Å². The van der Waals surface area contributed by atoms with Crippen LogP contribution in [0.25, 0.3) is 99.3 Å². The van der Waals surface area contributed by atoms with Gasteiger partial charge >= 0.3 is 0 Å². The molecule has 0 aliphatic rings. The normalized spacial score (nSPS) is 11.6. The second kappa shape index (κ2) is 11.4. The number of fused-ring (bicyclic) bond motifs is 5. The molecule has 0 saturated heterocycles. The fourth-order valence-electron chi connectivity index (χ4n) is 7.30. The van der Waals surface area contributed by atoms with Crippen LogP contribution in [0, 0.1) is 0 Å². The van der Waals surface area contributed by atoms with Crippen LogP contribution in [-0.4, -0.2) is 19.9 Å². The molecule has 10 aromatic rings. The van der Waals surface area contributed by atoms with Crippen molar-refractivity contribution >= 4 is 54.0 Å². The number of hydrogen-bond acceptors (Lipinski definition) is 4. The Balaban J connectivity index is 1.24. The molecule has 0 N–H and O–H groups in total. The lowest BCUT2D eigenvalue weighted by Gasteiger charge is -2.15. The fraction of sp³-hybridized carbons (Fsp3) is 0. The average molecular weight is 637 g/mol. The summed E-state index contributed by atoms with van der Waals surface area (Å²) in [5.74, 6) is 1.94. The minimum Gasteiger partial charge on any atom is -0.256 e. The van der Waals surface area contributed by atoms with Crippen LogP contribution in [0.1, 0.15) is 0 Å². The smallest absolute Gasteiger partial charge is 0.165 e. The third kappa shape index (κ3) is 4.69. The van der Waals surface area contributed by atoms with Crippen molar-refractivity contribution in [3.05, 3.63) is 170 Å². The van der Waals surface area contributed by atoms with E-state index in [9.17, 15) is 0 Å². The summed E-state index contributed by atoms with van der Waals surface area (Å²) in [5.41, 5.74) is 6.19. The lowest BCUT2D eigenvalue weighted by atomic mass is 9.95. The topological polar surface area (TPSA) is 51.6 Å². The Labute approximate surface area is 288 Å². The predicted molar refractivity (Wildman–Crippen MR) is 207 cm³/mol. The maximum Gasteiger partial charge on any atom is 0.165 e. The highest BCUT2D eigenvalue weighted by Gasteiger charge is 2.20. The molecular weight excluding hydrogens is 609 g/mol. The van der Waals surface area contributed by atoms with E-state index in [1.54, 1.807) is 0 Å². The molecular formula is C46H28N4. The van der Waals surface area contributed by atoms with E-state index in [1.807, 2.05) is 12.3 Å². The van der Waals surface area contributed by atoms with Crippen molar-refractivity contribution in [2.75, 3.05) is 0 Å². The van der Waals surface area contributed by atoms with Crippen molar-refractivity contribution in [1.82, 2.24) is 19.9 Å². The van der Waals surface area contributed by atoms with Gasteiger partial charge < -0.3 is 0 Å². The molecule has 0 aliphatic heterocycles. The molecule has 0 saturated carbocycles. The molecule has 0 atom stereocenters. The van der Waals surface area contributed by atoms with Gasteiger partial charge in [-0.1, -0.05) is 133 Å². The lowest BCUT2D eigenvalue weighted by molar-refractivity contribution is 1.08. The van der Waals surface area contributed by atoms with Crippen molar-refractivity contribution < 1.29 is 0 Å². The van der Waals surface area contributed by atoms with Gasteiger partial charge in [-0.15, -0.1) is 0 Å². The molecule has 2 heterocycles. The Morgan fingerprint density at radius 1 is 0.300 bits per heavy atom. The molecule has 0 bridgehead atoms. The molecule has 2 aromatic heterocycles. The van der Waals surface area contributed by atoms with Gasteiger partial charge in [0.2, 0.25) is 0 Å². The summed E-state index contributed by atoms with van der Waals surface area (Å²) in [6.07, 6.45) is 1.83. The van der Waals surface area contributed by atoms with Gasteiger partial charge in [-0.05, 0) is 84.5 Å². The highest BCUT2D eigenvalue weighted by molar-refractivity contribution is 6.13. The van der Waals surface area contributed by atoms with Crippen LogP contribution in [-0.2, 0) is 0 Å². The Bertz CT molecular complexity index is 2680. The van der Waals surface area contributed by atoms with Gasteiger partial charge in [0.25, 0.3) is 0 Å². The number of hydrogen-bond donors (Lipinski definition) is 0. The molecule has 50 heavy (non-hydrogen) atoms. The summed E-state index contributed by atoms with van der Waals surface area (Å²) in [4.78, 5) is 20.4.